The molecule has 4 rings (SSSR count). The fourth-order valence-electron chi connectivity index (χ4n) is 3.98. The number of benzene rings is 2. The lowest BCUT2D eigenvalue weighted by molar-refractivity contribution is 0.0633. The zero-order valence-corrected chi connectivity index (χ0v) is 15.2. The van der Waals surface area contributed by atoms with Crippen LogP contribution >= 0.6 is 0 Å². The van der Waals surface area contributed by atoms with Crippen LogP contribution in [-0.2, 0) is 0 Å². The Morgan fingerprint density at radius 3 is 2.77 bits per heavy atom. The predicted octanol–water partition coefficient (Wildman–Crippen LogP) is 4.51. The standard InChI is InChI=1S/C21H25FN2O2/c1-21(2)12-18(16-11-14(23)6-8-19(16)26-21)24-17-4-3-9-25-20-10-13(22)5-7-15(17)20/h5-8,10-11,17-18,24H,3-4,9,12,23H2,1-2H3. The largest absolute Gasteiger partial charge is 0.493 e. The summed E-state index contributed by atoms with van der Waals surface area (Å²) in [5, 5.41) is 3.77. The highest BCUT2D eigenvalue weighted by Crippen LogP contribution is 2.43. The van der Waals surface area contributed by atoms with Crippen LogP contribution < -0.4 is 20.5 Å². The zero-order chi connectivity index (χ0) is 18.3. The van der Waals surface area contributed by atoms with Crippen molar-refractivity contribution in [2.45, 2.75) is 50.8 Å². The SMILES string of the molecule is CC1(C)CC(NC2CCCOc3cc(F)ccc32)c2cc(N)ccc2O1. The second-order valence-electron chi connectivity index (χ2n) is 7.81. The molecule has 0 bridgehead atoms. The number of halogens is 1. The van der Waals surface area contributed by atoms with Crippen LogP contribution in [0.3, 0.4) is 0 Å². The molecule has 0 spiro atoms. The summed E-state index contributed by atoms with van der Waals surface area (Å²) in [6.45, 7) is 4.80. The van der Waals surface area contributed by atoms with Gasteiger partial charge in [-0.25, -0.2) is 4.39 Å². The average molecular weight is 356 g/mol. The quantitative estimate of drug-likeness (QED) is 0.777. The van der Waals surface area contributed by atoms with E-state index >= 15 is 0 Å². The Balaban J connectivity index is 1.68. The molecule has 4 nitrogen and oxygen atoms in total. The highest BCUT2D eigenvalue weighted by atomic mass is 19.1. The molecule has 0 saturated carbocycles. The van der Waals surface area contributed by atoms with Crippen molar-refractivity contribution >= 4 is 5.69 Å². The average Bonchev–Trinajstić information content (AvgIpc) is 2.77. The molecule has 26 heavy (non-hydrogen) atoms. The number of nitrogens with two attached hydrogens (primary N) is 1. The monoisotopic (exact) mass is 356 g/mol. The maximum Gasteiger partial charge on any atom is 0.126 e. The maximum absolute atomic E-state index is 13.6. The van der Waals surface area contributed by atoms with Gasteiger partial charge in [0.05, 0.1) is 6.61 Å². The molecule has 0 amide bonds. The molecular formula is C21H25FN2O2. The third-order valence-electron chi connectivity index (χ3n) is 5.14. The van der Waals surface area contributed by atoms with Crippen LogP contribution in [0.25, 0.3) is 0 Å². The summed E-state index contributed by atoms with van der Waals surface area (Å²) in [6, 6.07) is 10.8. The van der Waals surface area contributed by atoms with Gasteiger partial charge in [-0.15, -0.1) is 0 Å². The fourth-order valence-corrected chi connectivity index (χ4v) is 3.98. The normalized spacial score (nSPS) is 23.8. The Bertz CT molecular complexity index is 822. The lowest BCUT2D eigenvalue weighted by Gasteiger charge is -2.39. The van der Waals surface area contributed by atoms with Crippen molar-refractivity contribution in [1.29, 1.82) is 0 Å². The van der Waals surface area contributed by atoms with Gasteiger partial charge in [0.1, 0.15) is 22.9 Å². The van der Waals surface area contributed by atoms with Gasteiger partial charge in [0, 0.05) is 41.4 Å². The summed E-state index contributed by atoms with van der Waals surface area (Å²) in [4.78, 5) is 0. The van der Waals surface area contributed by atoms with E-state index in [-0.39, 0.29) is 23.5 Å². The van der Waals surface area contributed by atoms with Gasteiger partial charge >= 0.3 is 0 Å². The smallest absolute Gasteiger partial charge is 0.126 e. The lowest BCUT2D eigenvalue weighted by Crippen LogP contribution is -2.40. The molecule has 3 N–H and O–H groups in total. The molecule has 0 fully saturated rings. The Morgan fingerprint density at radius 2 is 1.92 bits per heavy atom. The van der Waals surface area contributed by atoms with E-state index in [2.05, 4.69) is 19.2 Å². The number of nitrogens with one attached hydrogen (secondary N) is 1. The van der Waals surface area contributed by atoms with Crippen molar-refractivity contribution in [2.75, 3.05) is 12.3 Å². The van der Waals surface area contributed by atoms with Gasteiger partial charge in [-0.3, -0.25) is 0 Å². The van der Waals surface area contributed by atoms with Gasteiger partial charge < -0.3 is 20.5 Å². The Labute approximate surface area is 153 Å². The van der Waals surface area contributed by atoms with Gasteiger partial charge in [-0.05, 0) is 51.0 Å². The summed E-state index contributed by atoms with van der Waals surface area (Å²) < 4.78 is 25.5. The first kappa shape index (κ1) is 17.2. The molecule has 5 heteroatoms. The summed E-state index contributed by atoms with van der Waals surface area (Å²) in [5.74, 6) is 1.24. The fraction of sp³-hybridized carbons (Fsp3) is 0.429. The number of ether oxygens (including phenoxy) is 2. The van der Waals surface area contributed by atoms with Crippen LogP contribution in [0.5, 0.6) is 11.5 Å². The van der Waals surface area contributed by atoms with Crippen LogP contribution in [0, 0.1) is 5.82 Å². The molecule has 2 heterocycles. The first-order chi connectivity index (χ1) is 12.4. The maximum atomic E-state index is 13.6. The van der Waals surface area contributed by atoms with Crippen molar-refractivity contribution in [3.8, 4) is 11.5 Å². The minimum atomic E-state index is -0.270. The van der Waals surface area contributed by atoms with Crippen molar-refractivity contribution < 1.29 is 13.9 Å². The number of hydrogen-bond donors (Lipinski definition) is 2. The molecule has 2 unspecified atom stereocenters. The highest BCUT2D eigenvalue weighted by molar-refractivity contribution is 5.50. The second-order valence-corrected chi connectivity index (χ2v) is 7.81. The van der Waals surface area contributed by atoms with Crippen LogP contribution in [-0.4, -0.2) is 12.2 Å². The molecule has 2 aromatic carbocycles. The van der Waals surface area contributed by atoms with E-state index in [0.29, 0.717) is 12.4 Å². The third-order valence-corrected chi connectivity index (χ3v) is 5.14. The molecule has 2 aromatic rings. The summed E-state index contributed by atoms with van der Waals surface area (Å²) in [7, 11) is 0. The molecule has 138 valence electrons. The first-order valence-corrected chi connectivity index (χ1v) is 9.18. The minimum absolute atomic E-state index is 0.0984. The van der Waals surface area contributed by atoms with E-state index in [9.17, 15) is 4.39 Å². The Hall–Kier alpha value is -2.27. The highest BCUT2D eigenvalue weighted by Gasteiger charge is 2.35. The number of hydrogen-bond acceptors (Lipinski definition) is 4. The predicted molar refractivity (Wildman–Crippen MR) is 99.9 cm³/mol. The van der Waals surface area contributed by atoms with Crippen molar-refractivity contribution in [3.63, 3.8) is 0 Å². The van der Waals surface area contributed by atoms with Crippen molar-refractivity contribution in [3.05, 3.63) is 53.3 Å². The Kier molecular flexibility index (Phi) is 4.27. The van der Waals surface area contributed by atoms with E-state index in [1.54, 1.807) is 0 Å². The molecule has 2 atom stereocenters. The molecule has 0 radical (unpaired) electrons. The van der Waals surface area contributed by atoms with Crippen LogP contribution in [0.1, 0.15) is 56.3 Å². The van der Waals surface area contributed by atoms with Crippen LogP contribution in [0.4, 0.5) is 10.1 Å². The summed E-state index contributed by atoms with van der Waals surface area (Å²) >= 11 is 0. The molecule has 2 aliphatic rings. The number of rotatable bonds is 2. The summed E-state index contributed by atoms with van der Waals surface area (Å²) in [5.41, 5.74) is 8.57. The van der Waals surface area contributed by atoms with E-state index in [4.69, 9.17) is 15.2 Å². The van der Waals surface area contributed by atoms with E-state index in [1.165, 1.54) is 12.1 Å². The van der Waals surface area contributed by atoms with Gasteiger partial charge in [0.15, 0.2) is 0 Å². The van der Waals surface area contributed by atoms with Crippen molar-refractivity contribution in [1.82, 2.24) is 5.32 Å². The van der Waals surface area contributed by atoms with Gasteiger partial charge in [0.2, 0.25) is 0 Å². The summed E-state index contributed by atoms with van der Waals surface area (Å²) in [6.07, 6.45) is 2.69. The van der Waals surface area contributed by atoms with Gasteiger partial charge in [-0.2, -0.15) is 0 Å². The number of anilines is 1. The minimum Gasteiger partial charge on any atom is -0.493 e. The van der Waals surface area contributed by atoms with Crippen LogP contribution in [0.15, 0.2) is 36.4 Å². The van der Waals surface area contributed by atoms with E-state index in [0.717, 1.165) is 41.8 Å². The second kappa shape index (κ2) is 6.47. The molecule has 0 saturated heterocycles. The third kappa shape index (κ3) is 3.36. The van der Waals surface area contributed by atoms with E-state index < -0.39 is 0 Å². The molecule has 0 aliphatic carbocycles. The first-order valence-electron chi connectivity index (χ1n) is 9.18. The van der Waals surface area contributed by atoms with E-state index in [1.807, 2.05) is 24.3 Å². The number of nitrogen functional groups attached to an aromatic ring is 1. The Morgan fingerprint density at radius 1 is 1.08 bits per heavy atom. The topological polar surface area (TPSA) is 56.5 Å². The molecular weight excluding hydrogens is 331 g/mol. The molecule has 2 aliphatic heterocycles. The number of fused-ring (bicyclic) bond motifs is 2. The van der Waals surface area contributed by atoms with Crippen LogP contribution in [0.2, 0.25) is 0 Å². The zero-order valence-electron chi connectivity index (χ0n) is 15.2. The lowest BCUT2D eigenvalue weighted by atomic mass is 9.88. The van der Waals surface area contributed by atoms with Gasteiger partial charge in [-0.1, -0.05) is 6.07 Å². The molecule has 0 aromatic heterocycles. The van der Waals surface area contributed by atoms with Crippen molar-refractivity contribution in [2.24, 2.45) is 0 Å². The van der Waals surface area contributed by atoms with Gasteiger partial charge in [0.25, 0.3) is 0 Å².